The molecule has 1 N–H and O–H groups in total. The fourth-order valence-electron chi connectivity index (χ4n) is 2.44. The molecule has 0 spiro atoms. The number of aromatic nitrogens is 1. The SMILES string of the molecule is O=C(O)C1(c2ccc(F)cc2)C=CC=NC1OCc1cnoc1. The van der Waals surface area contributed by atoms with Crippen molar-refractivity contribution in [3.05, 3.63) is 65.8 Å². The van der Waals surface area contributed by atoms with Gasteiger partial charge < -0.3 is 14.4 Å². The summed E-state index contributed by atoms with van der Waals surface area (Å²) in [6.07, 6.45) is 6.39. The number of halogens is 1. The molecule has 0 amide bonds. The van der Waals surface area contributed by atoms with Crippen molar-refractivity contribution in [2.45, 2.75) is 18.2 Å². The third-order valence-electron chi connectivity index (χ3n) is 3.62. The number of ether oxygens (including phenoxy) is 1. The molecule has 1 aromatic heterocycles. The van der Waals surface area contributed by atoms with Crippen molar-refractivity contribution in [2.24, 2.45) is 4.99 Å². The van der Waals surface area contributed by atoms with Gasteiger partial charge in [-0.1, -0.05) is 23.4 Å². The highest BCUT2D eigenvalue weighted by Gasteiger charge is 2.47. The standard InChI is InChI=1S/C16H13FN2O4/c17-13-4-2-12(3-5-13)16(15(20)21)6-1-7-18-14(16)22-9-11-8-19-23-10-11/h1-8,10,14H,9H2,(H,20,21). The van der Waals surface area contributed by atoms with Crippen LogP contribution < -0.4 is 0 Å². The first-order valence-electron chi connectivity index (χ1n) is 6.83. The third kappa shape index (κ3) is 2.78. The second-order valence-corrected chi connectivity index (χ2v) is 5.03. The monoisotopic (exact) mass is 316 g/mol. The van der Waals surface area contributed by atoms with Crippen LogP contribution in [0.5, 0.6) is 0 Å². The highest BCUT2D eigenvalue weighted by molar-refractivity contribution is 5.88. The minimum atomic E-state index is -1.53. The highest BCUT2D eigenvalue weighted by atomic mass is 19.1. The molecule has 0 fully saturated rings. The van der Waals surface area contributed by atoms with Gasteiger partial charge in [-0.15, -0.1) is 0 Å². The Kier molecular flexibility index (Phi) is 4.03. The van der Waals surface area contributed by atoms with Gasteiger partial charge in [-0.3, -0.25) is 9.79 Å². The quantitative estimate of drug-likeness (QED) is 0.915. The second-order valence-electron chi connectivity index (χ2n) is 5.03. The number of allylic oxidation sites excluding steroid dienone is 1. The van der Waals surface area contributed by atoms with Crippen LogP contribution in [0.2, 0.25) is 0 Å². The van der Waals surface area contributed by atoms with E-state index in [-0.39, 0.29) is 6.61 Å². The Labute approximate surface area is 130 Å². The summed E-state index contributed by atoms with van der Waals surface area (Å²) in [5, 5.41) is 13.4. The van der Waals surface area contributed by atoms with Crippen molar-refractivity contribution >= 4 is 12.2 Å². The van der Waals surface area contributed by atoms with Gasteiger partial charge in [0.1, 0.15) is 12.1 Å². The van der Waals surface area contributed by atoms with Gasteiger partial charge in [-0.2, -0.15) is 0 Å². The largest absolute Gasteiger partial charge is 0.480 e. The van der Waals surface area contributed by atoms with Crippen molar-refractivity contribution in [1.29, 1.82) is 0 Å². The Bertz CT molecular complexity index is 740. The summed E-state index contributed by atoms with van der Waals surface area (Å²) in [6, 6.07) is 5.27. The van der Waals surface area contributed by atoms with Crippen LogP contribution in [0.25, 0.3) is 0 Å². The number of aliphatic imine (C=N–C) groups is 1. The maximum atomic E-state index is 13.2. The summed E-state index contributed by atoms with van der Waals surface area (Å²) in [6.45, 7) is 0.0928. The molecule has 1 aromatic carbocycles. The van der Waals surface area contributed by atoms with E-state index >= 15 is 0 Å². The first-order chi connectivity index (χ1) is 11.1. The maximum absolute atomic E-state index is 13.2. The van der Waals surface area contributed by atoms with Crippen LogP contribution in [-0.4, -0.2) is 28.7 Å². The highest BCUT2D eigenvalue weighted by Crippen LogP contribution is 2.35. The maximum Gasteiger partial charge on any atom is 0.322 e. The smallest absolute Gasteiger partial charge is 0.322 e. The molecule has 0 bridgehead atoms. The Balaban J connectivity index is 1.94. The third-order valence-corrected chi connectivity index (χ3v) is 3.62. The van der Waals surface area contributed by atoms with Crippen LogP contribution in [0.4, 0.5) is 4.39 Å². The number of carbonyl (C=O) groups is 1. The topological polar surface area (TPSA) is 84.9 Å². The van der Waals surface area contributed by atoms with E-state index in [1.54, 1.807) is 0 Å². The number of hydrogen-bond donors (Lipinski definition) is 1. The van der Waals surface area contributed by atoms with E-state index in [4.69, 9.17) is 9.26 Å². The lowest BCUT2D eigenvalue weighted by molar-refractivity contribution is -0.148. The Morgan fingerprint density at radius 2 is 2.17 bits per heavy atom. The molecular weight excluding hydrogens is 303 g/mol. The number of rotatable bonds is 5. The van der Waals surface area contributed by atoms with Crippen molar-refractivity contribution < 1.29 is 23.6 Å². The van der Waals surface area contributed by atoms with E-state index in [0.717, 1.165) is 0 Å². The summed E-state index contributed by atoms with van der Waals surface area (Å²) in [4.78, 5) is 16.1. The number of hydrogen-bond acceptors (Lipinski definition) is 5. The number of benzene rings is 1. The van der Waals surface area contributed by atoms with Crippen molar-refractivity contribution in [1.82, 2.24) is 5.16 Å². The van der Waals surface area contributed by atoms with E-state index in [0.29, 0.717) is 11.1 Å². The molecule has 2 aromatic rings. The molecule has 2 heterocycles. The van der Waals surface area contributed by atoms with E-state index in [1.807, 2.05) is 0 Å². The van der Waals surface area contributed by atoms with Gasteiger partial charge in [-0.25, -0.2) is 4.39 Å². The normalized spacial score (nSPS) is 23.1. The summed E-state index contributed by atoms with van der Waals surface area (Å²) >= 11 is 0. The Morgan fingerprint density at radius 3 is 2.83 bits per heavy atom. The van der Waals surface area contributed by atoms with Gasteiger partial charge in [0.25, 0.3) is 0 Å². The van der Waals surface area contributed by atoms with Gasteiger partial charge >= 0.3 is 5.97 Å². The van der Waals surface area contributed by atoms with Crippen LogP contribution in [-0.2, 0) is 21.6 Å². The van der Waals surface area contributed by atoms with Gasteiger partial charge in [0.15, 0.2) is 11.6 Å². The summed E-state index contributed by atoms with van der Waals surface area (Å²) in [5.41, 5.74) is -0.484. The van der Waals surface area contributed by atoms with Crippen LogP contribution in [0.1, 0.15) is 11.1 Å². The molecule has 3 rings (SSSR count). The van der Waals surface area contributed by atoms with Crippen LogP contribution in [0.15, 0.2) is 58.4 Å². The van der Waals surface area contributed by atoms with E-state index in [2.05, 4.69) is 10.1 Å². The van der Waals surface area contributed by atoms with Crippen molar-refractivity contribution in [3.8, 4) is 0 Å². The zero-order valence-corrected chi connectivity index (χ0v) is 11.9. The van der Waals surface area contributed by atoms with Gasteiger partial charge in [0.2, 0.25) is 0 Å². The Morgan fingerprint density at radius 1 is 1.39 bits per heavy atom. The molecule has 1 aliphatic heterocycles. The molecule has 2 unspecified atom stereocenters. The predicted molar refractivity (Wildman–Crippen MR) is 78.4 cm³/mol. The molecule has 0 saturated heterocycles. The molecule has 0 radical (unpaired) electrons. The second kappa shape index (κ2) is 6.13. The number of carboxylic acid groups (broad SMARTS) is 1. The average molecular weight is 316 g/mol. The summed E-state index contributed by atoms with van der Waals surface area (Å²) < 4.78 is 23.5. The zero-order valence-electron chi connectivity index (χ0n) is 11.9. The lowest BCUT2D eigenvalue weighted by Gasteiger charge is -2.34. The molecule has 7 heteroatoms. The van der Waals surface area contributed by atoms with Gasteiger partial charge in [-0.05, 0) is 23.8 Å². The van der Waals surface area contributed by atoms with Gasteiger partial charge in [0, 0.05) is 11.8 Å². The summed E-state index contributed by atoms with van der Waals surface area (Å²) in [7, 11) is 0. The first kappa shape index (κ1) is 15.1. The predicted octanol–water partition coefficient (Wildman–Crippen LogP) is 2.32. The molecule has 6 nitrogen and oxygen atoms in total. The van der Waals surface area contributed by atoms with E-state index in [1.165, 1.54) is 55.1 Å². The van der Waals surface area contributed by atoms with Crippen molar-refractivity contribution in [2.75, 3.05) is 0 Å². The fourth-order valence-corrected chi connectivity index (χ4v) is 2.44. The first-order valence-corrected chi connectivity index (χ1v) is 6.83. The fraction of sp³-hybridized carbons (Fsp3) is 0.188. The van der Waals surface area contributed by atoms with Crippen molar-refractivity contribution in [3.63, 3.8) is 0 Å². The molecular formula is C16H13FN2O4. The van der Waals surface area contributed by atoms with Crippen LogP contribution >= 0.6 is 0 Å². The number of aliphatic carboxylic acids is 1. The number of dihydropyridines is 1. The van der Waals surface area contributed by atoms with Crippen LogP contribution in [0.3, 0.4) is 0 Å². The minimum absolute atomic E-state index is 0.0928. The molecule has 1 aliphatic rings. The average Bonchev–Trinajstić information content (AvgIpc) is 3.07. The van der Waals surface area contributed by atoms with Gasteiger partial charge in [0.05, 0.1) is 12.8 Å². The van der Waals surface area contributed by atoms with E-state index < -0.39 is 23.4 Å². The molecule has 0 saturated carbocycles. The van der Waals surface area contributed by atoms with Crippen LogP contribution in [0, 0.1) is 5.82 Å². The zero-order chi connectivity index (χ0) is 16.3. The number of carboxylic acids is 1. The molecule has 23 heavy (non-hydrogen) atoms. The number of nitrogens with zero attached hydrogens (tertiary/aromatic N) is 2. The summed E-state index contributed by atoms with van der Waals surface area (Å²) in [5.74, 6) is -1.58. The molecule has 2 atom stereocenters. The minimum Gasteiger partial charge on any atom is -0.480 e. The van der Waals surface area contributed by atoms with E-state index in [9.17, 15) is 14.3 Å². The molecule has 0 aliphatic carbocycles. The Hall–Kier alpha value is -2.80. The lowest BCUT2D eigenvalue weighted by Crippen LogP contribution is -2.46. The lowest BCUT2D eigenvalue weighted by atomic mass is 9.77. The molecule has 118 valence electrons.